The zero-order valence-corrected chi connectivity index (χ0v) is 11.2. The van der Waals surface area contributed by atoms with Crippen LogP contribution in [0.1, 0.15) is 29.3 Å². The Bertz CT molecular complexity index is 463. The number of nitrogens with one attached hydrogen (secondary N) is 1. The predicted molar refractivity (Wildman–Crippen MR) is 76.0 cm³/mol. The van der Waals surface area contributed by atoms with Gasteiger partial charge >= 0.3 is 0 Å². The van der Waals surface area contributed by atoms with Crippen molar-refractivity contribution in [2.75, 3.05) is 6.54 Å². The van der Waals surface area contributed by atoms with Crippen LogP contribution in [0.25, 0.3) is 0 Å². The standard InChI is InChI=1S/C15H18N2S/c1-2-4-12(5-3-1)13(11-17-14-6-7-14)10-15-16-8-9-18-15/h1-5,8-9,13-14,17H,6-7,10-11H2. The summed E-state index contributed by atoms with van der Waals surface area (Å²) in [5.74, 6) is 0.540. The van der Waals surface area contributed by atoms with Crippen molar-refractivity contribution in [3.05, 3.63) is 52.5 Å². The highest BCUT2D eigenvalue weighted by Gasteiger charge is 2.22. The largest absolute Gasteiger partial charge is 0.313 e. The molecule has 1 aliphatic carbocycles. The number of rotatable bonds is 6. The quantitative estimate of drug-likeness (QED) is 0.860. The number of aromatic nitrogens is 1. The Balaban J connectivity index is 1.70. The number of nitrogens with zero attached hydrogens (tertiary/aromatic N) is 1. The first-order valence-electron chi connectivity index (χ1n) is 6.58. The van der Waals surface area contributed by atoms with Gasteiger partial charge in [-0.3, -0.25) is 0 Å². The molecule has 1 atom stereocenters. The second-order valence-electron chi connectivity index (χ2n) is 4.92. The molecule has 0 spiro atoms. The smallest absolute Gasteiger partial charge is 0.0931 e. The lowest BCUT2D eigenvalue weighted by molar-refractivity contribution is 0.576. The van der Waals surface area contributed by atoms with E-state index in [0.29, 0.717) is 5.92 Å². The fraction of sp³-hybridized carbons (Fsp3) is 0.400. The predicted octanol–water partition coefficient (Wildman–Crippen LogP) is 3.22. The Kier molecular flexibility index (Phi) is 3.72. The molecule has 0 radical (unpaired) electrons. The van der Waals surface area contributed by atoms with E-state index in [-0.39, 0.29) is 0 Å². The van der Waals surface area contributed by atoms with Gasteiger partial charge in [0.05, 0.1) is 5.01 Å². The van der Waals surface area contributed by atoms with Gasteiger partial charge in [-0.05, 0) is 18.4 Å². The van der Waals surface area contributed by atoms with Crippen LogP contribution in [0, 0.1) is 0 Å². The van der Waals surface area contributed by atoms with Gasteiger partial charge in [0.15, 0.2) is 0 Å². The Morgan fingerprint density at radius 1 is 1.28 bits per heavy atom. The lowest BCUT2D eigenvalue weighted by atomic mass is 9.96. The third-order valence-electron chi connectivity index (χ3n) is 3.41. The summed E-state index contributed by atoms with van der Waals surface area (Å²) in [6.07, 6.45) is 5.63. The lowest BCUT2D eigenvalue weighted by Gasteiger charge is -2.17. The molecule has 3 rings (SSSR count). The van der Waals surface area contributed by atoms with Gasteiger partial charge in [-0.25, -0.2) is 4.98 Å². The maximum Gasteiger partial charge on any atom is 0.0931 e. The van der Waals surface area contributed by atoms with E-state index in [1.54, 1.807) is 11.3 Å². The zero-order valence-electron chi connectivity index (χ0n) is 10.4. The van der Waals surface area contributed by atoms with E-state index in [1.165, 1.54) is 23.4 Å². The number of hydrogen-bond donors (Lipinski definition) is 1. The van der Waals surface area contributed by atoms with Gasteiger partial charge in [0.25, 0.3) is 0 Å². The molecule has 1 aromatic carbocycles. The van der Waals surface area contributed by atoms with E-state index < -0.39 is 0 Å². The van der Waals surface area contributed by atoms with Crippen LogP contribution in [0.15, 0.2) is 41.9 Å². The third kappa shape index (κ3) is 3.18. The first-order chi connectivity index (χ1) is 8.92. The second-order valence-corrected chi connectivity index (χ2v) is 5.90. The summed E-state index contributed by atoms with van der Waals surface area (Å²) in [6, 6.07) is 11.6. The van der Waals surface area contributed by atoms with E-state index in [1.807, 2.05) is 6.20 Å². The van der Waals surface area contributed by atoms with E-state index in [2.05, 4.69) is 46.0 Å². The van der Waals surface area contributed by atoms with Crippen molar-refractivity contribution in [1.82, 2.24) is 10.3 Å². The van der Waals surface area contributed by atoms with Crippen molar-refractivity contribution in [1.29, 1.82) is 0 Å². The molecule has 2 nitrogen and oxygen atoms in total. The molecule has 1 N–H and O–H groups in total. The third-order valence-corrected chi connectivity index (χ3v) is 4.21. The van der Waals surface area contributed by atoms with Crippen molar-refractivity contribution in [2.24, 2.45) is 0 Å². The normalized spacial score (nSPS) is 16.7. The van der Waals surface area contributed by atoms with Crippen LogP contribution >= 0.6 is 11.3 Å². The first-order valence-corrected chi connectivity index (χ1v) is 7.46. The molecule has 1 aromatic heterocycles. The molecule has 0 aliphatic heterocycles. The molecule has 1 fully saturated rings. The van der Waals surface area contributed by atoms with Gasteiger partial charge in [0, 0.05) is 36.5 Å². The second kappa shape index (κ2) is 5.63. The summed E-state index contributed by atoms with van der Waals surface area (Å²) < 4.78 is 0. The van der Waals surface area contributed by atoms with Gasteiger partial charge in [0.2, 0.25) is 0 Å². The molecule has 0 bridgehead atoms. The fourth-order valence-electron chi connectivity index (χ4n) is 2.19. The van der Waals surface area contributed by atoms with Crippen molar-refractivity contribution in [3.63, 3.8) is 0 Å². The summed E-state index contributed by atoms with van der Waals surface area (Å²) in [6.45, 7) is 1.06. The highest BCUT2D eigenvalue weighted by Crippen LogP contribution is 2.24. The molecule has 18 heavy (non-hydrogen) atoms. The molecule has 1 unspecified atom stereocenters. The van der Waals surface area contributed by atoms with Gasteiger partial charge in [0.1, 0.15) is 0 Å². The van der Waals surface area contributed by atoms with Crippen molar-refractivity contribution >= 4 is 11.3 Å². The van der Waals surface area contributed by atoms with Crippen LogP contribution in [-0.2, 0) is 6.42 Å². The summed E-state index contributed by atoms with van der Waals surface area (Å²) in [7, 11) is 0. The van der Waals surface area contributed by atoms with Crippen LogP contribution in [-0.4, -0.2) is 17.6 Å². The van der Waals surface area contributed by atoms with Crippen LogP contribution in [0.4, 0.5) is 0 Å². The maximum absolute atomic E-state index is 4.42. The summed E-state index contributed by atoms with van der Waals surface area (Å²) >= 11 is 1.76. The van der Waals surface area contributed by atoms with Crippen molar-refractivity contribution < 1.29 is 0 Å². The van der Waals surface area contributed by atoms with Crippen molar-refractivity contribution in [3.8, 4) is 0 Å². The Labute approximate surface area is 112 Å². The summed E-state index contributed by atoms with van der Waals surface area (Å²) in [5.41, 5.74) is 1.42. The molecular formula is C15H18N2S. The molecule has 1 aliphatic rings. The molecule has 1 heterocycles. The van der Waals surface area contributed by atoms with E-state index in [9.17, 15) is 0 Å². The fourth-order valence-corrected chi connectivity index (χ4v) is 2.89. The first kappa shape index (κ1) is 11.9. The highest BCUT2D eigenvalue weighted by atomic mass is 32.1. The Morgan fingerprint density at radius 2 is 2.11 bits per heavy atom. The number of hydrogen-bond acceptors (Lipinski definition) is 3. The molecule has 0 amide bonds. The number of benzene rings is 1. The minimum Gasteiger partial charge on any atom is -0.313 e. The zero-order chi connectivity index (χ0) is 12.2. The molecule has 94 valence electrons. The molecule has 0 saturated heterocycles. The lowest BCUT2D eigenvalue weighted by Crippen LogP contribution is -2.24. The Hall–Kier alpha value is -1.19. The van der Waals surface area contributed by atoms with Crippen LogP contribution in [0.3, 0.4) is 0 Å². The summed E-state index contributed by atoms with van der Waals surface area (Å²) in [4.78, 5) is 4.42. The summed E-state index contributed by atoms with van der Waals surface area (Å²) in [5, 5.41) is 6.94. The van der Waals surface area contributed by atoms with Crippen LogP contribution in [0.2, 0.25) is 0 Å². The average Bonchev–Trinajstić information content (AvgIpc) is 3.11. The molecular weight excluding hydrogens is 240 g/mol. The van der Waals surface area contributed by atoms with Gasteiger partial charge in [-0.2, -0.15) is 0 Å². The monoisotopic (exact) mass is 258 g/mol. The van der Waals surface area contributed by atoms with Gasteiger partial charge in [-0.1, -0.05) is 30.3 Å². The maximum atomic E-state index is 4.42. The van der Waals surface area contributed by atoms with Crippen molar-refractivity contribution in [2.45, 2.75) is 31.2 Å². The molecule has 3 heteroatoms. The Morgan fingerprint density at radius 3 is 2.78 bits per heavy atom. The van der Waals surface area contributed by atoms with E-state index in [4.69, 9.17) is 0 Å². The van der Waals surface area contributed by atoms with Crippen LogP contribution < -0.4 is 5.32 Å². The molecule has 1 saturated carbocycles. The van der Waals surface area contributed by atoms with Gasteiger partial charge < -0.3 is 5.32 Å². The minimum atomic E-state index is 0.540. The van der Waals surface area contributed by atoms with E-state index >= 15 is 0 Å². The minimum absolute atomic E-state index is 0.540. The number of thiazole rings is 1. The highest BCUT2D eigenvalue weighted by molar-refractivity contribution is 7.09. The average molecular weight is 258 g/mol. The topological polar surface area (TPSA) is 24.9 Å². The SMILES string of the molecule is c1ccc(C(CNC2CC2)Cc2nccs2)cc1. The molecule has 2 aromatic rings. The van der Waals surface area contributed by atoms with Gasteiger partial charge in [-0.15, -0.1) is 11.3 Å². The van der Waals surface area contributed by atoms with Crippen LogP contribution in [0.5, 0.6) is 0 Å². The van der Waals surface area contributed by atoms with E-state index in [0.717, 1.165) is 19.0 Å².